The van der Waals surface area contributed by atoms with Crippen LogP contribution < -0.4 is 11.1 Å². The summed E-state index contributed by atoms with van der Waals surface area (Å²) in [6, 6.07) is 0.351. The van der Waals surface area contributed by atoms with Crippen LogP contribution in [-0.4, -0.2) is 22.6 Å². The van der Waals surface area contributed by atoms with Gasteiger partial charge in [-0.15, -0.1) is 0 Å². The first-order chi connectivity index (χ1) is 7.40. The lowest BCUT2D eigenvalue weighted by molar-refractivity contribution is 0.461. The molecule has 1 aliphatic carbocycles. The molecule has 82 valence electrons. The number of hydrogen-bond acceptors (Lipinski definition) is 4. The van der Waals surface area contributed by atoms with Gasteiger partial charge < -0.3 is 11.1 Å². The molecule has 15 heavy (non-hydrogen) atoms. The molecule has 1 fully saturated rings. The summed E-state index contributed by atoms with van der Waals surface area (Å²) in [5.74, 6) is 1.54. The van der Waals surface area contributed by atoms with E-state index in [0.29, 0.717) is 18.5 Å². The molecule has 1 aromatic heterocycles. The average Bonchev–Trinajstić information content (AvgIpc) is 2.81. The standard InChI is InChI=1S/C11H18N4/c12-7-10(9-3-1-2-4-9)15-11-8-13-5-6-14-11/h5-6,8-10H,1-4,7,12H2,(H,14,15). The first-order valence-corrected chi connectivity index (χ1v) is 5.63. The molecule has 1 aromatic rings. The average molecular weight is 206 g/mol. The van der Waals surface area contributed by atoms with Crippen molar-refractivity contribution in [2.24, 2.45) is 11.7 Å². The van der Waals surface area contributed by atoms with E-state index in [-0.39, 0.29) is 0 Å². The highest BCUT2D eigenvalue weighted by Crippen LogP contribution is 2.28. The third-order valence-corrected chi connectivity index (χ3v) is 3.12. The van der Waals surface area contributed by atoms with E-state index in [0.717, 1.165) is 5.82 Å². The van der Waals surface area contributed by atoms with Crippen molar-refractivity contribution in [3.8, 4) is 0 Å². The summed E-state index contributed by atoms with van der Waals surface area (Å²) in [7, 11) is 0. The van der Waals surface area contributed by atoms with Gasteiger partial charge in [0.15, 0.2) is 0 Å². The molecule has 1 heterocycles. The van der Waals surface area contributed by atoms with Gasteiger partial charge in [-0.3, -0.25) is 4.98 Å². The van der Waals surface area contributed by atoms with Gasteiger partial charge in [-0.05, 0) is 18.8 Å². The van der Waals surface area contributed by atoms with Crippen LogP contribution in [0.3, 0.4) is 0 Å². The number of nitrogens with zero attached hydrogens (tertiary/aromatic N) is 2. The van der Waals surface area contributed by atoms with E-state index in [2.05, 4.69) is 15.3 Å². The zero-order chi connectivity index (χ0) is 10.5. The molecule has 0 saturated heterocycles. The van der Waals surface area contributed by atoms with Crippen molar-refractivity contribution in [1.29, 1.82) is 0 Å². The maximum atomic E-state index is 5.79. The van der Waals surface area contributed by atoms with Crippen LogP contribution in [0.1, 0.15) is 25.7 Å². The molecule has 0 aliphatic heterocycles. The molecule has 4 heteroatoms. The van der Waals surface area contributed by atoms with Crippen LogP contribution in [-0.2, 0) is 0 Å². The van der Waals surface area contributed by atoms with Crippen molar-refractivity contribution in [1.82, 2.24) is 9.97 Å². The second-order valence-corrected chi connectivity index (χ2v) is 4.12. The highest BCUT2D eigenvalue weighted by molar-refractivity contribution is 5.31. The van der Waals surface area contributed by atoms with Gasteiger partial charge in [0.1, 0.15) is 5.82 Å². The molecule has 1 unspecified atom stereocenters. The summed E-state index contributed by atoms with van der Waals surface area (Å²) in [6.07, 6.45) is 10.4. The van der Waals surface area contributed by atoms with Gasteiger partial charge in [0.05, 0.1) is 6.20 Å². The van der Waals surface area contributed by atoms with E-state index in [1.165, 1.54) is 25.7 Å². The molecule has 0 radical (unpaired) electrons. The van der Waals surface area contributed by atoms with E-state index in [4.69, 9.17) is 5.73 Å². The smallest absolute Gasteiger partial charge is 0.144 e. The Kier molecular flexibility index (Phi) is 3.50. The van der Waals surface area contributed by atoms with Crippen molar-refractivity contribution in [2.75, 3.05) is 11.9 Å². The van der Waals surface area contributed by atoms with Gasteiger partial charge in [0.25, 0.3) is 0 Å². The minimum atomic E-state index is 0.351. The number of nitrogens with one attached hydrogen (secondary N) is 1. The Morgan fingerprint density at radius 2 is 2.20 bits per heavy atom. The van der Waals surface area contributed by atoms with Crippen LogP contribution >= 0.6 is 0 Å². The second-order valence-electron chi connectivity index (χ2n) is 4.12. The predicted octanol–water partition coefficient (Wildman–Crippen LogP) is 1.41. The van der Waals surface area contributed by atoms with Gasteiger partial charge in [0, 0.05) is 25.0 Å². The molecule has 0 aromatic carbocycles. The van der Waals surface area contributed by atoms with Crippen molar-refractivity contribution >= 4 is 5.82 Å². The van der Waals surface area contributed by atoms with Crippen molar-refractivity contribution in [2.45, 2.75) is 31.7 Å². The molecule has 3 N–H and O–H groups in total. The summed E-state index contributed by atoms with van der Waals surface area (Å²) in [5.41, 5.74) is 5.79. The highest BCUT2D eigenvalue weighted by Gasteiger charge is 2.23. The number of hydrogen-bond donors (Lipinski definition) is 2. The van der Waals surface area contributed by atoms with Crippen LogP contribution in [0.15, 0.2) is 18.6 Å². The third-order valence-electron chi connectivity index (χ3n) is 3.12. The van der Waals surface area contributed by atoms with Gasteiger partial charge in [-0.25, -0.2) is 4.98 Å². The Morgan fingerprint density at radius 3 is 2.80 bits per heavy atom. The van der Waals surface area contributed by atoms with Gasteiger partial charge in [-0.2, -0.15) is 0 Å². The fourth-order valence-corrected chi connectivity index (χ4v) is 2.29. The summed E-state index contributed by atoms with van der Waals surface area (Å²) in [5, 5.41) is 3.37. The van der Waals surface area contributed by atoms with Crippen LogP contribution in [0.5, 0.6) is 0 Å². The van der Waals surface area contributed by atoms with E-state index >= 15 is 0 Å². The lowest BCUT2D eigenvalue weighted by Gasteiger charge is -2.23. The Bertz CT molecular complexity index is 282. The summed E-state index contributed by atoms with van der Waals surface area (Å²) in [6.45, 7) is 0.668. The first kappa shape index (κ1) is 10.4. The topological polar surface area (TPSA) is 63.8 Å². The minimum Gasteiger partial charge on any atom is -0.365 e. The number of anilines is 1. The first-order valence-electron chi connectivity index (χ1n) is 5.63. The molecule has 1 saturated carbocycles. The van der Waals surface area contributed by atoms with E-state index in [9.17, 15) is 0 Å². The van der Waals surface area contributed by atoms with Crippen LogP contribution in [0, 0.1) is 5.92 Å². The summed E-state index contributed by atoms with van der Waals surface area (Å²) in [4.78, 5) is 8.24. The zero-order valence-corrected chi connectivity index (χ0v) is 8.89. The molecule has 0 spiro atoms. The van der Waals surface area contributed by atoms with Gasteiger partial charge >= 0.3 is 0 Å². The lowest BCUT2D eigenvalue weighted by Crippen LogP contribution is -2.35. The van der Waals surface area contributed by atoms with Crippen molar-refractivity contribution in [3.05, 3.63) is 18.6 Å². The zero-order valence-electron chi connectivity index (χ0n) is 8.89. The normalized spacial score (nSPS) is 19.0. The molecule has 0 bridgehead atoms. The van der Waals surface area contributed by atoms with E-state index in [1.54, 1.807) is 18.6 Å². The maximum Gasteiger partial charge on any atom is 0.144 e. The fourth-order valence-electron chi connectivity index (χ4n) is 2.29. The largest absolute Gasteiger partial charge is 0.365 e. The monoisotopic (exact) mass is 206 g/mol. The van der Waals surface area contributed by atoms with E-state index in [1.807, 2.05) is 0 Å². The molecule has 4 nitrogen and oxygen atoms in total. The van der Waals surface area contributed by atoms with Crippen LogP contribution in [0.2, 0.25) is 0 Å². The van der Waals surface area contributed by atoms with Gasteiger partial charge in [0.2, 0.25) is 0 Å². The molecule has 1 aliphatic rings. The van der Waals surface area contributed by atoms with Crippen molar-refractivity contribution in [3.63, 3.8) is 0 Å². The Balaban J connectivity index is 1.96. The second kappa shape index (κ2) is 5.07. The molecule has 2 rings (SSSR count). The number of aromatic nitrogens is 2. The van der Waals surface area contributed by atoms with E-state index < -0.39 is 0 Å². The Morgan fingerprint density at radius 1 is 1.40 bits per heavy atom. The predicted molar refractivity (Wildman–Crippen MR) is 60.5 cm³/mol. The van der Waals surface area contributed by atoms with Crippen LogP contribution in [0.25, 0.3) is 0 Å². The number of rotatable bonds is 4. The summed E-state index contributed by atoms with van der Waals surface area (Å²) >= 11 is 0. The van der Waals surface area contributed by atoms with Gasteiger partial charge in [-0.1, -0.05) is 12.8 Å². The Hall–Kier alpha value is -1.16. The maximum absolute atomic E-state index is 5.79. The summed E-state index contributed by atoms with van der Waals surface area (Å²) < 4.78 is 0. The Labute approximate surface area is 90.3 Å². The SMILES string of the molecule is NCC(Nc1cnccn1)C1CCCC1. The fraction of sp³-hybridized carbons (Fsp3) is 0.636. The van der Waals surface area contributed by atoms with Crippen LogP contribution in [0.4, 0.5) is 5.82 Å². The lowest BCUT2D eigenvalue weighted by atomic mass is 9.98. The molecule has 0 amide bonds. The third kappa shape index (κ3) is 2.65. The quantitative estimate of drug-likeness (QED) is 0.781. The molecular weight excluding hydrogens is 188 g/mol. The van der Waals surface area contributed by atoms with Crippen molar-refractivity contribution < 1.29 is 0 Å². The number of nitrogens with two attached hydrogens (primary N) is 1. The molecular formula is C11H18N4. The highest BCUT2D eigenvalue weighted by atomic mass is 15.0. The minimum absolute atomic E-state index is 0.351. The molecule has 1 atom stereocenters.